The van der Waals surface area contributed by atoms with Crippen LogP contribution in [0, 0.1) is 0 Å². The summed E-state index contributed by atoms with van der Waals surface area (Å²) in [6.07, 6.45) is 3.40. The molecule has 0 aliphatic carbocycles. The number of hydrogen-bond acceptors (Lipinski definition) is 7. The van der Waals surface area contributed by atoms with Crippen LogP contribution in [0.2, 0.25) is 0 Å². The Morgan fingerprint density at radius 3 is 2.44 bits per heavy atom. The van der Waals surface area contributed by atoms with Crippen molar-refractivity contribution in [3.63, 3.8) is 0 Å². The average molecular weight is 450 g/mol. The van der Waals surface area contributed by atoms with Crippen LogP contribution in [-0.2, 0) is 6.42 Å². The van der Waals surface area contributed by atoms with Crippen LogP contribution >= 0.6 is 11.8 Å². The molecule has 0 atom stereocenters. The van der Waals surface area contributed by atoms with Crippen LogP contribution in [0.3, 0.4) is 0 Å². The van der Waals surface area contributed by atoms with E-state index in [4.69, 9.17) is 9.47 Å². The summed E-state index contributed by atoms with van der Waals surface area (Å²) in [5.41, 5.74) is 2.13. The molecule has 2 aromatic heterocycles. The molecule has 0 bridgehead atoms. The molecular formula is C23H23N5O3S. The summed E-state index contributed by atoms with van der Waals surface area (Å²) in [5, 5.41) is 8.13. The van der Waals surface area contributed by atoms with Gasteiger partial charge in [-0.15, -0.1) is 0 Å². The molecule has 0 aliphatic rings. The number of ether oxygens (including phenoxy) is 2. The van der Waals surface area contributed by atoms with Gasteiger partial charge in [-0.2, -0.15) is 14.6 Å². The predicted octanol–water partition coefficient (Wildman–Crippen LogP) is 4.50. The molecule has 2 heterocycles. The van der Waals surface area contributed by atoms with E-state index in [9.17, 15) is 4.79 Å². The summed E-state index contributed by atoms with van der Waals surface area (Å²) in [5.74, 6) is 1.46. The lowest BCUT2D eigenvalue weighted by atomic mass is 10.2. The molecule has 0 aliphatic heterocycles. The van der Waals surface area contributed by atoms with Crippen molar-refractivity contribution in [2.24, 2.45) is 0 Å². The topological polar surface area (TPSA) is 90.6 Å². The lowest BCUT2D eigenvalue weighted by Crippen LogP contribution is -2.12. The number of fused-ring (bicyclic) bond motifs is 1. The number of aryl methyl sites for hydroxylation is 1. The maximum atomic E-state index is 12.7. The van der Waals surface area contributed by atoms with E-state index in [1.165, 1.54) is 6.33 Å². The number of methoxy groups -OCH3 is 2. The average Bonchev–Trinajstić information content (AvgIpc) is 3.29. The number of anilines is 1. The number of benzene rings is 2. The second-order valence-corrected chi connectivity index (χ2v) is 8.08. The Labute approximate surface area is 190 Å². The van der Waals surface area contributed by atoms with Crippen molar-refractivity contribution in [3.05, 3.63) is 66.1 Å². The third-order valence-electron chi connectivity index (χ3n) is 4.73. The van der Waals surface area contributed by atoms with Crippen molar-refractivity contribution in [1.82, 2.24) is 19.6 Å². The lowest BCUT2D eigenvalue weighted by molar-refractivity contribution is 0.102. The van der Waals surface area contributed by atoms with Gasteiger partial charge in [-0.05, 0) is 48.9 Å². The first-order valence-corrected chi connectivity index (χ1v) is 10.9. The van der Waals surface area contributed by atoms with E-state index in [-0.39, 0.29) is 5.91 Å². The van der Waals surface area contributed by atoms with Gasteiger partial charge in [-0.1, -0.05) is 25.1 Å². The number of carbonyl (C=O) groups excluding carboxylic acids is 1. The number of nitrogens with one attached hydrogen (secondary N) is 1. The normalized spacial score (nSPS) is 10.8. The molecule has 8 nitrogen and oxygen atoms in total. The van der Waals surface area contributed by atoms with Crippen LogP contribution in [0.4, 0.5) is 5.69 Å². The van der Waals surface area contributed by atoms with Gasteiger partial charge >= 0.3 is 0 Å². The first-order valence-electron chi connectivity index (χ1n) is 10.1. The predicted molar refractivity (Wildman–Crippen MR) is 123 cm³/mol. The molecule has 0 fully saturated rings. The van der Waals surface area contributed by atoms with E-state index in [0.717, 1.165) is 28.5 Å². The van der Waals surface area contributed by atoms with E-state index >= 15 is 0 Å². The van der Waals surface area contributed by atoms with Gasteiger partial charge in [0.15, 0.2) is 0 Å². The highest BCUT2D eigenvalue weighted by Crippen LogP contribution is 2.29. The van der Waals surface area contributed by atoms with Gasteiger partial charge in [0, 0.05) is 27.9 Å². The molecule has 0 saturated carbocycles. The molecular weight excluding hydrogens is 426 g/mol. The molecule has 2 aromatic carbocycles. The van der Waals surface area contributed by atoms with Crippen LogP contribution in [0.5, 0.6) is 11.5 Å². The number of nitrogens with zero attached hydrogens (tertiary/aromatic N) is 4. The second kappa shape index (κ2) is 9.69. The van der Waals surface area contributed by atoms with E-state index < -0.39 is 0 Å². The minimum atomic E-state index is -0.245. The van der Waals surface area contributed by atoms with E-state index in [1.54, 1.807) is 48.7 Å². The second-order valence-electron chi connectivity index (χ2n) is 6.99. The highest BCUT2D eigenvalue weighted by Gasteiger charge is 2.12. The minimum Gasteiger partial charge on any atom is -0.497 e. The SMILES string of the molecule is CCCc1cc(Sc2ccc(NC(=O)c3cc(OC)cc(OC)c3)cc2)n2ncnc2n1. The smallest absolute Gasteiger partial charge is 0.255 e. The minimum absolute atomic E-state index is 0.245. The monoisotopic (exact) mass is 449 g/mol. The summed E-state index contributed by atoms with van der Waals surface area (Å²) in [6, 6.07) is 14.7. The van der Waals surface area contributed by atoms with Gasteiger partial charge in [-0.3, -0.25) is 4.79 Å². The number of hydrogen-bond donors (Lipinski definition) is 1. The fourth-order valence-electron chi connectivity index (χ4n) is 3.16. The summed E-state index contributed by atoms with van der Waals surface area (Å²) in [6.45, 7) is 2.12. The van der Waals surface area contributed by atoms with Gasteiger partial charge in [0.1, 0.15) is 22.9 Å². The van der Waals surface area contributed by atoms with E-state index in [1.807, 2.05) is 30.3 Å². The first kappa shape index (κ1) is 21.6. The van der Waals surface area contributed by atoms with Gasteiger partial charge in [0.25, 0.3) is 11.7 Å². The van der Waals surface area contributed by atoms with Gasteiger partial charge in [-0.25, -0.2) is 4.98 Å². The Balaban J connectivity index is 1.50. The number of aromatic nitrogens is 4. The molecule has 9 heteroatoms. The molecule has 0 spiro atoms. The number of rotatable bonds is 8. The summed E-state index contributed by atoms with van der Waals surface area (Å²) in [7, 11) is 3.10. The van der Waals surface area contributed by atoms with Crippen LogP contribution in [0.1, 0.15) is 29.4 Å². The van der Waals surface area contributed by atoms with Crippen molar-refractivity contribution < 1.29 is 14.3 Å². The molecule has 0 saturated heterocycles. The maximum absolute atomic E-state index is 12.7. The van der Waals surface area contributed by atoms with Crippen LogP contribution < -0.4 is 14.8 Å². The van der Waals surface area contributed by atoms with Crippen LogP contribution in [0.15, 0.2) is 64.8 Å². The Morgan fingerprint density at radius 1 is 1.06 bits per heavy atom. The van der Waals surface area contributed by atoms with E-state index in [0.29, 0.717) is 28.5 Å². The Bertz CT molecular complexity index is 1220. The van der Waals surface area contributed by atoms with Crippen molar-refractivity contribution in [2.75, 3.05) is 19.5 Å². The molecule has 4 aromatic rings. The summed E-state index contributed by atoms with van der Waals surface area (Å²) < 4.78 is 12.2. The fourth-order valence-corrected chi connectivity index (χ4v) is 4.08. The molecule has 1 N–H and O–H groups in total. The molecule has 0 radical (unpaired) electrons. The third kappa shape index (κ3) is 4.83. The third-order valence-corrected chi connectivity index (χ3v) is 5.73. The zero-order chi connectivity index (χ0) is 22.5. The molecule has 4 rings (SSSR count). The summed E-state index contributed by atoms with van der Waals surface area (Å²) >= 11 is 1.57. The standard InChI is InChI=1S/C23H23N5O3S/c1-4-5-17-12-21(28-23(27-17)24-14-25-28)32-20-8-6-16(7-9-20)26-22(29)15-10-18(30-2)13-19(11-15)31-3/h6-14H,4-5H2,1-3H3,(H,26,29). The van der Waals surface area contributed by atoms with Gasteiger partial charge < -0.3 is 14.8 Å². The van der Waals surface area contributed by atoms with E-state index in [2.05, 4.69) is 27.3 Å². The zero-order valence-electron chi connectivity index (χ0n) is 18.0. The number of amides is 1. The highest BCUT2D eigenvalue weighted by molar-refractivity contribution is 7.99. The van der Waals surface area contributed by atoms with Crippen molar-refractivity contribution >= 4 is 29.1 Å². The Hall–Kier alpha value is -3.59. The summed E-state index contributed by atoms with van der Waals surface area (Å²) in [4.78, 5) is 22.5. The van der Waals surface area contributed by atoms with Gasteiger partial charge in [0.2, 0.25) is 0 Å². The van der Waals surface area contributed by atoms with Gasteiger partial charge in [0.05, 0.1) is 14.2 Å². The first-order chi connectivity index (χ1) is 15.6. The molecule has 32 heavy (non-hydrogen) atoms. The highest BCUT2D eigenvalue weighted by atomic mass is 32.2. The quantitative estimate of drug-likeness (QED) is 0.396. The lowest BCUT2D eigenvalue weighted by Gasteiger charge is -2.10. The Morgan fingerprint density at radius 2 is 1.78 bits per heavy atom. The molecule has 164 valence electrons. The molecule has 1 amide bonds. The maximum Gasteiger partial charge on any atom is 0.255 e. The molecule has 0 unspecified atom stereocenters. The van der Waals surface area contributed by atoms with Crippen LogP contribution in [-0.4, -0.2) is 39.7 Å². The fraction of sp³-hybridized carbons (Fsp3) is 0.217. The van der Waals surface area contributed by atoms with Crippen LogP contribution in [0.25, 0.3) is 5.78 Å². The van der Waals surface area contributed by atoms with Crippen molar-refractivity contribution in [2.45, 2.75) is 29.7 Å². The Kier molecular flexibility index (Phi) is 6.55. The largest absolute Gasteiger partial charge is 0.497 e. The van der Waals surface area contributed by atoms with Crippen molar-refractivity contribution in [3.8, 4) is 11.5 Å². The van der Waals surface area contributed by atoms with Crippen molar-refractivity contribution in [1.29, 1.82) is 0 Å². The number of carbonyl (C=O) groups is 1. The zero-order valence-corrected chi connectivity index (χ0v) is 18.8.